The number of fused-ring (bicyclic) bond motifs is 1. The number of rotatable bonds is 3. The minimum Gasteiger partial charge on any atom is -0.488 e. The van der Waals surface area contributed by atoms with Crippen LogP contribution in [0.2, 0.25) is 0 Å². The summed E-state index contributed by atoms with van der Waals surface area (Å²) in [5.74, 6) is 1.33. The van der Waals surface area contributed by atoms with E-state index in [2.05, 4.69) is 46.7 Å². The summed E-state index contributed by atoms with van der Waals surface area (Å²) in [5.41, 5.74) is 1.33. The molecule has 4 rings (SSSR count). The summed E-state index contributed by atoms with van der Waals surface area (Å²) in [7, 11) is 0. The third-order valence-electron chi connectivity index (χ3n) is 4.31. The fourth-order valence-electron chi connectivity index (χ4n) is 3.17. The highest BCUT2D eigenvalue weighted by Crippen LogP contribution is 2.30. The largest absolute Gasteiger partial charge is 0.488 e. The molecule has 1 aliphatic rings. The zero-order valence-corrected chi connectivity index (χ0v) is 14.7. The summed E-state index contributed by atoms with van der Waals surface area (Å²) in [6, 6.07) is 18.8. The van der Waals surface area contributed by atoms with Gasteiger partial charge in [-0.3, -0.25) is 4.98 Å². The molecule has 126 valence electrons. The maximum atomic E-state index is 6.37. The molecule has 2 heterocycles. The third-order valence-corrected chi connectivity index (χ3v) is 4.31. The van der Waals surface area contributed by atoms with Crippen molar-refractivity contribution in [1.82, 2.24) is 10.3 Å². The fourth-order valence-corrected chi connectivity index (χ4v) is 3.17. The van der Waals surface area contributed by atoms with Crippen LogP contribution in [0.1, 0.15) is 11.5 Å². The number of halogens is 2. The van der Waals surface area contributed by atoms with Crippen LogP contribution >= 0.6 is 24.8 Å². The van der Waals surface area contributed by atoms with E-state index >= 15 is 0 Å². The normalized spacial score (nSPS) is 19.3. The zero-order chi connectivity index (χ0) is 14.8. The summed E-state index contributed by atoms with van der Waals surface area (Å²) in [4.78, 5) is 4.18. The van der Waals surface area contributed by atoms with Gasteiger partial charge in [-0.25, -0.2) is 0 Å². The molecule has 3 nitrogen and oxygen atoms in total. The Morgan fingerprint density at radius 1 is 0.917 bits per heavy atom. The van der Waals surface area contributed by atoms with E-state index in [1.807, 2.05) is 30.6 Å². The van der Waals surface area contributed by atoms with Gasteiger partial charge in [0.15, 0.2) is 0 Å². The Kier molecular flexibility index (Phi) is 6.44. The van der Waals surface area contributed by atoms with Crippen molar-refractivity contribution in [2.75, 3.05) is 13.1 Å². The van der Waals surface area contributed by atoms with E-state index in [4.69, 9.17) is 4.74 Å². The Labute approximate surface area is 154 Å². The summed E-state index contributed by atoms with van der Waals surface area (Å²) < 4.78 is 6.37. The highest BCUT2D eigenvalue weighted by molar-refractivity contribution is 5.87. The van der Waals surface area contributed by atoms with Crippen molar-refractivity contribution < 1.29 is 4.74 Å². The topological polar surface area (TPSA) is 34.1 Å². The lowest BCUT2D eigenvalue weighted by Crippen LogP contribution is -2.24. The Morgan fingerprint density at radius 2 is 1.75 bits per heavy atom. The van der Waals surface area contributed by atoms with Gasteiger partial charge in [0.1, 0.15) is 11.9 Å². The van der Waals surface area contributed by atoms with Crippen LogP contribution in [0.3, 0.4) is 0 Å². The molecule has 2 aromatic carbocycles. The average molecular weight is 363 g/mol. The highest BCUT2D eigenvalue weighted by Gasteiger charge is 2.30. The van der Waals surface area contributed by atoms with Crippen molar-refractivity contribution in [1.29, 1.82) is 0 Å². The molecule has 2 unspecified atom stereocenters. The van der Waals surface area contributed by atoms with Crippen molar-refractivity contribution in [2.45, 2.75) is 12.0 Å². The van der Waals surface area contributed by atoms with Crippen molar-refractivity contribution >= 4 is 35.6 Å². The lowest BCUT2D eigenvalue weighted by atomic mass is 9.96. The molecule has 0 bridgehead atoms. The second-order valence-corrected chi connectivity index (χ2v) is 5.68. The smallest absolute Gasteiger partial charge is 0.127 e. The first kappa shape index (κ1) is 18.5. The molecule has 2 atom stereocenters. The Hall–Kier alpha value is -1.81. The van der Waals surface area contributed by atoms with Crippen molar-refractivity contribution in [3.8, 4) is 5.75 Å². The zero-order valence-electron chi connectivity index (χ0n) is 13.1. The third kappa shape index (κ3) is 3.64. The molecule has 3 aromatic rings. The molecule has 1 aromatic heterocycles. The molecule has 0 aliphatic carbocycles. The average Bonchev–Trinajstić information content (AvgIpc) is 3.04. The van der Waals surface area contributed by atoms with Crippen LogP contribution in [0.4, 0.5) is 0 Å². The number of nitrogens with zero attached hydrogens (tertiary/aromatic N) is 1. The lowest BCUT2D eigenvalue weighted by molar-refractivity contribution is 0.207. The van der Waals surface area contributed by atoms with Crippen LogP contribution in [-0.2, 0) is 0 Å². The van der Waals surface area contributed by atoms with Gasteiger partial charge in [0.05, 0.1) is 0 Å². The van der Waals surface area contributed by atoms with Gasteiger partial charge in [0.25, 0.3) is 0 Å². The number of hydrogen-bond donors (Lipinski definition) is 1. The Balaban J connectivity index is 0.00000104. The first-order valence-corrected chi connectivity index (χ1v) is 7.67. The number of aromatic nitrogens is 1. The van der Waals surface area contributed by atoms with Crippen LogP contribution in [-0.4, -0.2) is 24.2 Å². The van der Waals surface area contributed by atoms with Gasteiger partial charge in [-0.15, -0.1) is 24.8 Å². The van der Waals surface area contributed by atoms with Gasteiger partial charge in [-0.05, 0) is 17.7 Å². The monoisotopic (exact) mass is 362 g/mol. The maximum absolute atomic E-state index is 6.37. The van der Waals surface area contributed by atoms with E-state index in [9.17, 15) is 0 Å². The van der Waals surface area contributed by atoms with Crippen molar-refractivity contribution in [3.63, 3.8) is 0 Å². The van der Waals surface area contributed by atoms with Gasteiger partial charge in [0.2, 0.25) is 0 Å². The Bertz CT molecular complexity index is 777. The maximum Gasteiger partial charge on any atom is 0.127 e. The number of ether oxygens (including phenoxy) is 1. The molecule has 1 aliphatic heterocycles. The quantitative estimate of drug-likeness (QED) is 0.757. The molecule has 5 heteroatoms. The van der Waals surface area contributed by atoms with Crippen LogP contribution in [0, 0.1) is 0 Å². The molecule has 1 N–H and O–H groups in total. The summed E-state index contributed by atoms with van der Waals surface area (Å²) in [6.45, 7) is 1.84. The molecule has 0 radical (unpaired) electrons. The van der Waals surface area contributed by atoms with E-state index in [0.717, 1.165) is 29.6 Å². The van der Waals surface area contributed by atoms with Crippen LogP contribution in [0.15, 0.2) is 67.0 Å². The molecule has 0 saturated carbocycles. The first-order valence-electron chi connectivity index (χ1n) is 7.67. The minimum absolute atomic E-state index is 0. The fraction of sp³-hybridized carbons (Fsp3) is 0.211. The van der Waals surface area contributed by atoms with Crippen LogP contribution in [0.25, 0.3) is 10.8 Å². The number of nitrogens with one attached hydrogen (secondary N) is 1. The van der Waals surface area contributed by atoms with Gasteiger partial charge in [-0.2, -0.15) is 0 Å². The number of hydrogen-bond acceptors (Lipinski definition) is 3. The van der Waals surface area contributed by atoms with E-state index in [0.29, 0.717) is 5.92 Å². The second-order valence-electron chi connectivity index (χ2n) is 5.68. The molecule has 0 spiro atoms. The first-order chi connectivity index (χ1) is 10.9. The minimum atomic E-state index is 0. The molecule has 1 saturated heterocycles. The van der Waals surface area contributed by atoms with Crippen LogP contribution < -0.4 is 10.1 Å². The van der Waals surface area contributed by atoms with Gasteiger partial charge >= 0.3 is 0 Å². The standard InChI is InChI=1S/C19H18N2O.2ClH/c1-2-5-14(6-3-1)17-12-21-13-19(17)22-18-8-4-7-15-11-20-10-9-16(15)18;;/h1-11,17,19,21H,12-13H2;2*1H. The predicted octanol–water partition coefficient (Wildman–Crippen LogP) is 4.21. The lowest BCUT2D eigenvalue weighted by Gasteiger charge is -2.21. The predicted molar refractivity (Wildman–Crippen MR) is 103 cm³/mol. The van der Waals surface area contributed by atoms with Crippen molar-refractivity contribution in [2.24, 2.45) is 0 Å². The molecule has 24 heavy (non-hydrogen) atoms. The number of benzene rings is 2. The van der Waals surface area contributed by atoms with E-state index < -0.39 is 0 Å². The van der Waals surface area contributed by atoms with E-state index in [-0.39, 0.29) is 30.9 Å². The molecular weight excluding hydrogens is 343 g/mol. The van der Waals surface area contributed by atoms with Gasteiger partial charge in [-0.1, -0.05) is 42.5 Å². The SMILES string of the molecule is Cl.Cl.c1ccc(C2CNCC2Oc2cccc3cnccc23)cc1. The summed E-state index contributed by atoms with van der Waals surface area (Å²) >= 11 is 0. The van der Waals surface area contributed by atoms with E-state index in [1.165, 1.54) is 5.56 Å². The van der Waals surface area contributed by atoms with Crippen LogP contribution in [0.5, 0.6) is 5.75 Å². The summed E-state index contributed by atoms with van der Waals surface area (Å²) in [5, 5.41) is 5.69. The van der Waals surface area contributed by atoms with Crippen molar-refractivity contribution in [3.05, 3.63) is 72.6 Å². The number of pyridine rings is 1. The second kappa shape index (κ2) is 8.34. The highest BCUT2D eigenvalue weighted by atomic mass is 35.5. The molecular formula is C19H20Cl2N2O. The van der Waals surface area contributed by atoms with Gasteiger partial charge < -0.3 is 10.1 Å². The summed E-state index contributed by atoms with van der Waals surface area (Å²) in [6.07, 6.45) is 3.85. The van der Waals surface area contributed by atoms with Gasteiger partial charge in [0, 0.05) is 42.2 Å². The molecule has 1 fully saturated rings. The Morgan fingerprint density at radius 3 is 2.58 bits per heavy atom. The molecule has 0 amide bonds. The van der Waals surface area contributed by atoms with E-state index in [1.54, 1.807) is 0 Å².